The Morgan fingerprint density at radius 1 is 0.774 bits per heavy atom. The van der Waals surface area contributed by atoms with E-state index in [9.17, 15) is 23.4 Å². The lowest BCUT2D eigenvalue weighted by atomic mass is 9.99. The highest BCUT2D eigenvalue weighted by Crippen LogP contribution is 2.36. The van der Waals surface area contributed by atoms with Crippen LogP contribution in [0, 0.1) is 0 Å². The number of hydrogen-bond acceptors (Lipinski definition) is 3. The molecule has 0 aliphatic carbocycles. The molecule has 1 heterocycles. The highest BCUT2D eigenvalue weighted by molar-refractivity contribution is 5.76. The van der Waals surface area contributed by atoms with Gasteiger partial charge in [0.05, 0.1) is 22.6 Å². The molecule has 0 bridgehead atoms. The maximum atomic E-state index is 13.0. The van der Waals surface area contributed by atoms with Gasteiger partial charge < -0.3 is 10.2 Å². The lowest BCUT2D eigenvalue weighted by Gasteiger charge is -2.11. The topological polar surface area (TPSA) is 58.3 Å². The van der Waals surface area contributed by atoms with Crippen LogP contribution in [-0.2, 0) is 12.6 Å². The second-order valence-electron chi connectivity index (χ2n) is 7.08. The summed E-state index contributed by atoms with van der Waals surface area (Å²) in [5, 5.41) is 24.0. The molecule has 158 valence electrons. The van der Waals surface area contributed by atoms with E-state index in [1.807, 2.05) is 6.92 Å². The molecule has 0 atom stereocenters. The average molecular weight is 424 g/mol. The first-order valence-electron chi connectivity index (χ1n) is 9.66. The summed E-state index contributed by atoms with van der Waals surface area (Å²) in [4.78, 5) is 0. The number of benzene rings is 3. The van der Waals surface area contributed by atoms with Crippen molar-refractivity contribution in [2.24, 2.45) is 0 Å². The Bertz CT molecular complexity index is 1190. The number of halogens is 3. The molecule has 0 amide bonds. The van der Waals surface area contributed by atoms with Crippen molar-refractivity contribution in [3.05, 3.63) is 83.9 Å². The van der Waals surface area contributed by atoms with E-state index in [-0.39, 0.29) is 11.5 Å². The van der Waals surface area contributed by atoms with Gasteiger partial charge in [0.2, 0.25) is 0 Å². The molecule has 0 spiro atoms. The Kier molecular flexibility index (Phi) is 5.19. The van der Waals surface area contributed by atoms with Crippen LogP contribution in [0.1, 0.15) is 18.1 Å². The van der Waals surface area contributed by atoms with Crippen molar-refractivity contribution in [3.63, 3.8) is 0 Å². The van der Waals surface area contributed by atoms with Crippen LogP contribution in [0.15, 0.2) is 72.8 Å². The van der Waals surface area contributed by atoms with Crippen molar-refractivity contribution in [1.82, 2.24) is 9.78 Å². The molecule has 1 aromatic heterocycles. The van der Waals surface area contributed by atoms with E-state index in [4.69, 9.17) is 5.10 Å². The van der Waals surface area contributed by atoms with Crippen molar-refractivity contribution in [3.8, 4) is 39.7 Å². The van der Waals surface area contributed by atoms with Crippen LogP contribution in [0.3, 0.4) is 0 Å². The quantitative estimate of drug-likeness (QED) is 0.410. The minimum absolute atomic E-state index is 0.112. The van der Waals surface area contributed by atoms with Gasteiger partial charge in [0, 0.05) is 16.7 Å². The summed E-state index contributed by atoms with van der Waals surface area (Å²) in [5.74, 6) is 0.240. The summed E-state index contributed by atoms with van der Waals surface area (Å²) in [6.45, 7) is 1.97. The molecule has 2 N–H and O–H groups in total. The third-order valence-corrected chi connectivity index (χ3v) is 5.06. The van der Waals surface area contributed by atoms with Crippen LogP contribution < -0.4 is 0 Å². The fourth-order valence-electron chi connectivity index (χ4n) is 3.53. The van der Waals surface area contributed by atoms with Crippen molar-refractivity contribution >= 4 is 0 Å². The van der Waals surface area contributed by atoms with Crippen LogP contribution in [0.5, 0.6) is 11.5 Å². The van der Waals surface area contributed by atoms with Gasteiger partial charge >= 0.3 is 6.18 Å². The maximum Gasteiger partial charge on any atom is 0.416 e. The molecule has 0 saturated carbocycles. The average Bonchev–Trinajstić information content (AvgIpc) is 3.14. The Morgan fingerprint density at radius 3 is 1.77 bits per heavy atom. The van der Waals surface area contributed by atoms with Gasteiger partial charge in [0.1, 0.15) is 11.5 Å². The number of hydrogen-bond donors (Lipinski definition) is 2. The zero-order valence-electron chi connectivity index (χ0n) is 16.6. The zero-order valence-corrected chi connectivity index (χ0v) is 16.6. The lowest BCUT2D eigenvalue weighted by molar-refractivity contribution is -0.137. The summed E-state index contributed by atoms with van der Waals surface area (Å²) in [5.41, 5.74) is 3.60. The Morgan fingerprint density at radius 2 is 1.29 bits per heavy atom. The van der Waals surface area contributed by atoms with Crippen LogP contribution in [0.4, 0.5) is 13.2 Å². The van der Waals surface area contributed by atoms with E-state index in [0.717, 1.165) is 34.5 Å². The van der Waals surface area contributed by atoms with Gasteiger partial charge in [-0.1, -0.05) is 6.92 Å². The predicted octanol–water partition coefficient (Wildman–Crippen LogP) is 6.20. The molecule has 0 saturated heterocycles. The molecule has 0 radical (unpaired) electrons. The number of phenols is 2. The molecule has 4 rings (SSSR count). The number of alkyl halides is 3. The van der Waals surface area contributed by atoms with Crippen molar-refractivity contribution in [2.45, 2.75) is 19.5 Å². The van der Waals surface area contributed by atoms with E-state index in [0.29, 0.717) is 17.8 Å². The standard InChI is InChI=1S/C24H19F3N2O2/c1-2-21-22(15-3-11-19(30)12-4-15)28-29(23(21)16-5-13-20(31)14-6-16)18-9-7-17(8-10-18)24(25,26)27/h3-14,30-31H,2H2,1H3. The van der Waals surface area contributed by atoms with Crippen molar-refractivity contribution in [2.75, 3.05) is 0 Å². The Hall–Kier alpha value is -3.74. The van der Waals surface area contributed by atoms with E-state index in [2.05, 4.69) is 0 Å². The molecular formula is C24H19F3N2O2. The molecule has 31 heavy (non-hydrogen) atoms. The molecule has 0 unspecified atom stereocenters. The van der Waals surface area contributed by atoms with E-state index >= 15 is 0 Å². The minimum atomic E-state index is -4.42. The lowest BCUT2D eigenvalue weighted by Crippen LogP contribution is -2.06. The second-order valence-corrected chi connectivity index (χ2v) is 7.08. The third-order valence-electron chi connectivity index (χ3n) is 5.06. The summed E-state index contributed by atoms with van der Waals surface area (Å²) in [7, 11) is 0. The first-order valence-corrected chi connectivity index (χ1v) is 9.66. The van der Waals surface area contributed by atoms with Crippen LogP contribution in [0.25, 0.3) is 28.2 Å². The van der Waals surface area contributed by atoms with Gasteiger partial charge in [-0.05, 0) is 79.2 Å². The molecule has 3 aromatic carbocycles. The normalized spacial score (nSPS) is 11.6. The van der Waals surface area contributed by atoms with Crippen LogP contribution in [-0.4, -0.2) is 20.0 Å². The zero-order chi connectivity index (χ0) is 22.2. The van der Waals surface area contributed by atoms with E-state index < -0.39 is 11.7 Å². The van der Waals surface area contributed by atoms with Gasteiger partial charge in [-0.25, -0.2) is 4.68 Å². The van der Waals surface area contributed by atoms with Crippen LogP contribution in [0.2, 0.25) is 0 Å². The fraction of sp³-hybridized carbons (Fsp3) is 0.125. The second kappa shape index (κ2) is 7.83. The van der Waals surface area contributed by atoms with Gasteiger partial charge in [-0.3, -0.25) is 0 Å². The summed E-state index contributed by atoms with van der Waals surface area (Å²) < 4.78 is 40.7. The molecule has 0 aliphatic heterocycles. The molecular weight excluding hydrogens is 405 g/mol. The first-order chi connectivity index (χ1) is 14.8. The minimum Gasteiger partial charge on any atom is -0.508 e. The Labute approximate surface area is 176 Å². The smallest absolute Gasteiger partial charge is 0.416 e. The van der Waals surface area contributed by atoms with E-state index in [1.165, 1.54) is 12.1 Å². The molecule has 4 nitrogen and oxygen atoms in total. The first kappa shape index (κ1) is 20.5. The summed E-state index contributed by atoms with van der Waals surface area (Å²) in [6, 6.07) is 18.0. The highest BCUT2D eigenvalue weighted by atomic mass is 19.4. The predicted molar refractivity (Wildman–Crippen MR) is 112 cm³/mol. The number of rotatable bonds is 4. The maximum absolute atomic E-state index is 13.0. The molecule has 7 heteroatoms. The molecule has 0 fully saturated rings. The van der Waals surface area contributed by atoms with E-state index in [1.54, 1.807) is 53.2 Å². The summed E-state index contributed by atoms with van der Waals surface area (Å²) >= 11 is 0. The monoisotopic (exact) mass is 424 g/mol. The van der Waals surface area contributed by atoms with Gasteiger partial charge in [0.15, 0.2) is 0 Å². The highest BCUT2D eigenvalue weighted by Gasteiger charge is 2.30. The number of aromatic nitrogens is 2. The fourth-order valence-corrected chi connectivity index (χ4v) is 3.53. The SMILES string of the molecule is CCc1c(-c2ccc(O)cc2)nn(-c2ccc(C(F)(F)F)cc2)c1-c1ccc(O)cc1. The number of phenolic OH excluding ortho intramolecular Hbond substituents is 2. The Balaban J connectivity index is 1.94. The van der Waals surface area contributed by atoms with Crippen molar-refractivity contribution in [1.29, 1.82) is 0 Å². The summed E-state index contributed by atoms with van der Waals surface area (Å²) in [6.07, 6.45) is -3.80. The van der Waals surface area contributed by atoms with Crippen molar-refractivity contribution < 1.29 is 23.4 Å². The van der Waals surface area contributed by atoms with Gasteiger partial charge in [0.25, 0.3) is 0 Å². The van der Waals surface area contributed by atoms with Crippen LogP contribution >= 0.6 is 0 Å². The largest absolute Gasteiger partial charge is 0.508 e. The van der Waals surface area contributed by atoms with Gasteiger partial charge in [-0.15, -0.1) is 0 Å². The number of nitrogens with zero attached hydrogens (tertiary/aromatic N) is 2. The van der Waals surface area contributed by atoms with Gasteiger partial charge in [-0.2, -0.15) is 18.3 Å². The number of aromatic hydroxyl groups is 2. The molecule has 4 aromatic rings. The molecule has 0 aliphatic rings. The third kappa shape index (κ3) is 3.99.